The number of hydrogen-bond donors (Lipinski definition) is 1. The van der Waals surface area contributed by atoms with Crippen molar-refractivity contribution < 1.29 is 0 Å². The number of rotatable bonds is 6. The molecule has 1 N–H and O–H groups in total. The second-order valence-corrected chi connectivity index (χ2v) is 7.32. The Hall–Kier alpha value is 0.0400. The fraction of sp³-hybridized carbons (Fsp3) is 0.600. The first-order chi connectivity index (χ1) is 8.38. The average Bonchev–Trinajstić information content (AvgIpc) is 2.20. The molecule has 0 fully saturated rings. The van der Waals surface area contributed by atoms with Crippen LogP contribution in [0.4, 0.5) is 5.69 Å². The second kappa shape index (κ2) is 7.59. The van der Waals surface area contributed by atoms with Crippen LogP contribution in [-0.4, -0.2) is 6.04 Å². The molecule has 0 radical (unpaired) electrons. The Bertz CT molecular complexity index is 367. The predicted octanol–water partition coefficient (Wildman–Crippen LogP) is 5.82. The summed E-state index contributed by atoms with van der Waals surface area (Å²) in [4.78, 5) is 0. The maximum Gasteiger partial charge on any atom is 0.0479 e. The molecule has 102 valence electrons. The van der Waals surface area contributed by atoms with E-state index in [0.29, 0.717) is 17.9 Å². The third kappa shape index (κ3) is 5.79. The summed E-state index contributed by atoms with van der Waals surface area (Å²) >= 11 is 8.33. The lowest BCUT2D eigenvalue weighted by molar-refractivity contribution is 0.442. The normalized spacial score (nSPS) is 11.6. The molecule has 0 aliphatic rings. The van der Waals surface area contributed by atoms with Crippen LogP contribution in [0.5, 0.6) is 0 Å². The van der Waals surface area contributed by atoms with Crippen LogP contribution < -0.4 is 5.32 Å². The lowest BCUT2D eigenvalue weighted by Gasteiger charge is -2.24. The first-order valence-electron chi connectivity index (χ1n) is 6.60. The molecule has 0 unspecified atom stereocenters. The summed E-state index contributed by atoms with van der Waals surface area (Å²) in [5.41, 5.74) is 1.20. The zero-order chi connectivity index (χ0) is 13.7. The van der Waals surface area contributed by atoms with Gasteiger partial charge in [-0.3, -0.25) is 0 Å². The highest BCUT2D eigenvalue weighted by Gasteiger charge is 2.14. The SMILES string of the molecule is CC(C)CC(CC(C)C)Nc1ccc(Cl)cc1I. The fourth-order valence-electron chi connectivity index (χ4n) is 2.18. The maximum atomic E-state index is 5.99. The standard InChI is InChI=1S/C15H23ClIN/c1-10(2)7-13(8-11(3)4)18-15-6-5-12(16)9-14(15)17/h5-6,9-11,13,18H,7-8H2,1-4H3. The van der Waals surface area contributed by atoms with Gasteiger partial charge in [-0.05, 0) is 65.5 Å². The van der Waals surface area contributed by atoms with Crippen molar-refractivity contribution in [2.45, 2.75) is 46.6 Å². The van der Waals surface area contributed by atoms with Gasteiger partial charge in [0.15, 0.2) is 0 Å². The number of halogens is 2. The Balaban J connectivity index is 2.75. The number of anilines is 1. The van der Waals surface area contributed by atoms with Crippen LogP contribution in [0.3, 0.4) is 0 Å². The van der Waals surface area contributed by atoms with E-state index < -0.39 is 0 Å². The molecular formula is C15H23ClIN. The van der Waals surface area contributed by atoms with Gasteiger partial charge in [-0.25, -0.2) is 0 Å². The summed E-state index contributed by atoms with van der Waals surface area (Å²) in [6.45, 7) is 9.12. The van der Waals surface area contributed by atoms with Gasteiger partial charge in [0.2, 0.25) is 0 Å². The van der Waals surface area contributed by atoms with Gasteiger partial charge in [0.25, 0.3) is 0 Å². The number of benzene rings is 1. The highest BCUT2D eigenvalue weighted by atomic mass is 127. The van der Waals surface area contributed by atoms with Crippen molar-refractivity contribution in [3.05, 3.63) is 26.8 Å². The smallest absolute Gasteiger partial charge is 0.0479 e. The van der Waals surface area contributed by atoms with Crippen LogP contribution in [0.2, 0.25) is 5.02 Å². The zero-order valence-corrected chi connectivity index (χ0v) is 14.5. The molecule has 0 saturated heterocycles. The maximum absolute atomic E-state index is 5.99. The average molecular weight is 380 g/mol. The Morgan fingerprint density at radius 1 is 1.11 bits per heavy atom. The van der Waals surface area contributed by atoms with E-state index in [-0.39, 0.29) is 0 Å². The van der Waals surface area contributed by atoms with Gasteiger partial charge < -0.3 is 5.32 Å². The number of nitrogens with one attached hydrogen (secondary N) is 1. The van der Waals surface area contributed by atoms with Crippen molar-refractivity contribution in [3.63, 3.8) is 0 Å². The van der Waals surface area contributed by atoms with E-state index in [0.717, 1.165) is 5.02 Å². The monoisotopic (exact) mass is 379 g/mol. The van der Waals surface area contributed by atoms with Crippen LogP contribution in [-0.2, 0) is 0 Å². The van der Waals surface area contributed by atoms with Gasteiger partial charge in [0, 0.05) is 20.3 Å². The summed E-state index contributed by atoms with van der Waals surface area (Å²) in [5.74, 6) is 1.43. The summed E-state index contributed by atoms with van der Waals surface area (Å²) < 4.78 is 1.19. The summed E-state index contributed by atoms with van der Waals surface area (Å²) in [6, 6.07) is 6.58. The first-order valence-corrected chi connectivity index (χ1v) is 8.05. The van der Waals surface area contributed by atoms with E-state index in [4.69, 9.17) is 11.6 Å². The van der Waals surface area contributed by atoms with Gasteiger partial charge in [0.1, 0.15) is 0 Å². The van der Waals surface area contributed by atoms with Crippen molar-refractivity contribution in [3.8, 4) is 0 Å². The second-order valence-electron chi connectivity index (χ2n) is 5.72. The van der Waals surface area contributed by atoms with E-state index >= 15 is 0 Å². The van der Waals surface area contributed by atoms with E-state index in [2.05, 4.69) is 61.7 Å². The summed E-state index contributed by atoms with van der Waals surface area (Å²) in [6.07, 6.45) is 2.41. The Morgan fingerprint density at radius 3 is 2.11 bits per heavy atom. The molecule has 0 spiro atoms. The topological polar surface area (TPSA) is 12.0 Å². The molecule has 1 rings (SSSR count). The zero-order valence-electron chi connectivity index (χ0n) is 11.6. The van der Waals surface area contributed by atoms with Gasteiger partial charge in [-0.2, -0.15) is 0 Å². The van der Waals surface area contributed by atoms with Crippen molar-refractivity contribution in [2.75, 3.05) is 5.32 Å². The minimum atomic E-state index is 0.541. The Kier molecular flexibility index (Phi) is 6.78. The minimum absolute atomic E-state index is 0.541. The molecule has 3 heteroatoms. The van der Waals surface area contributed by atoms with Gasteiger partial charge >= 0.3 is 0 Å². The quantitative estimate of drug-likeness (QED) is 0.614. The van der Waals surface area contributed by atoms with Crippen LogP contribution in [0.1, 0.15) is 40.5 Å². The molecule has 0 saturated carbocycles. The molecule has 0 heterocycles. The highest BCUT2D eigenvalue weighted by molar-refractivity contribution is 14.1. The molecule has 1 aromatic carbocycles. The van der Waals surface area contributed by atoms with E-state index in [9.17, 15) is 0 Å². The third-order valence-corrected chi connectivity index (χ3v) is 3.93. The molecule has 0 aliphatic heterocycles. The van der Waals surface area contributed by atoms with Crippen molar-refractivity contribution >= 4 is 39.9 Å². The molecule has 18 heavy (non-hydrogen) atoms. The van der Waals surface area contributed by atoms with E-state index in [1.165, 1.54) is 22.1 Å². The molecule has 1 aromatic rings. The lowest BCUT2D eigenvalue weighted by Crippen LogP contribution is -2.24. The van der Waals surface area contributed by atoms with Crippen LogP contribution in [0.15, 0.2) is 18.2 Å². The molecule has 0 aliphatic carbocycles. The summed E-state index contributed by atoms with van der Waals surface area (Å²) in [7, 11) is 0. The molecule has 0 bridgehead atoms. The van der Waals surface area contributed by atoms with Crippen molar-refractivity contribution in [1.82, 2.24) is 0 Å². The molecule has 0 aromatic heterocycles. The Morgan fingerprint density at radius 2 is 1.67 bits per heavy atom. The van der Waals surface area contributed by atoms with Crippen LogP contribution >= 0.6 is 34.2 Å². The Labute approximate surface area is 130 Å². The predicted molar refractivity (Wildman–Crippen MR) is 90.5 cm³/mol. The van der Waals surface area contributed by atoms with Gasteiger partial charge in [-0.15, -0.1) is 0 Å². The minimum Gasteiger partial charge on any atom is -0.381 e. The van der Waals surface area contributed by atoms with E-state index in [1.807, 2.05) is 12.1 Å². The van der Waals surface area contributed by atoms with Crippen molar-refractivity contribution in [2.24, 2.45) is 11.8 Å². The highest BCUT2D eigenvalue weighted by Crippen LogP contribution is 2.25. The lowest BCUT2D eigenvalue weighted by atomic mass is 9.95. The van der Waals surface area contributed by atoms with Gasteiger partial charge in [0.05, 0.1) is 0 Å². The van der Waals surface area contributed by atoms with Gasteiger partial charge in [-0.1, -0.05) is 39.3 Å². The van der Waals surface area contributed by atoms with E-state index in [1.54, 1.807) is 0 Å². The third-order valence-electron chi connectivity index (χ3n) is 2.80. The molecule has 0 atom stereocenters. The largest absolute Gasteiger partial charge is 0.381 e. The molecule has 1 nitrogen and oxygen atoms in total. The fourth-order valence-corrected chi connectivity index (χ4v) is 3.21. The molecular weight excluding hydrogens is 357 g/mol. The van der Waals surface area contributed by atoms with Crippen molar-refractivity contribution in [1.29, 1.82) is 0 Å². The van der Waals surface area contributed by atoms with Crippen LogP contribution in [0.25, 0.3) is 0 Å². The summed E-state index contributed by atoms with van der Waals surface area (Å²) in [5, 5.41) is 4.47. The number of hydrogen-bond acceptors (Lipinski definition) is 1. The first kappa shape index (κ1) is 16.1. The van der Waals surface area contributed by atoms with Crippen LogP contribution in [0, 0.1) is 15.4 Å². The molecule has 0 amide bonds.